The number of nitrogens with one attached hydrogen (secondary N) is 2. The van der Waals surface area contributed by atoms with Crippen LogP contribution in [0.2, 0.25) is 0 Å². The number of carbonyl (C=O) groups excluding carboxylic acids is 2. The number of halogens is 1. The number of carbonyl (C=O) groups is 2. The van der Waals surface area contributed by atoms with Crippen molar-refractivity contribution in [2.24, 2.45) is 11.7 Å². The van der Waals surface area contributed by atoms with Crippen LogP contribution in [0.15, 0.2) is 24.3 Å². The number of methoxy groups -OCH3 is 1. The highest BCUT2D eigenvalue weighted by molar-refractivity contribution is 5.90. The van der Waals surface area contributed by atoms with Gasteiger partial charge >= 0.3 is 12.0 Å². The molecule has 6 nitrogen and oxygen atoms in total. The van der Waals surface area contributed by atoms with Crippen molar-refractivity contribution < 1.29 is 14.3 Å². The number of hydrogen-bond acceptors (Lipinski definition) is 4. The van der Waals surface area contributed by atoms with Gasteiger partial charge < -0.3 is 21.1 Å². The number of para-hydroxylation sites is 1. The maximum absolute atomic E-state index is 12.0. The van der Waals surface area contributed by atoms with Gasteiger partial charge in [-0.2, -0.15) is 0 Å². The molecule has 2 amide bonds. The van der Waals surface area contributed by atoms with E-state index in [1.807, 2.05) is 24.3 Å². The Morgan fingerprint density at radius 3 is 2.54 bits per heavy atom. The summed E-state index contributed by atoms with van der Waals surface area (Å²) in [6.45, 7) is 4.66. The maximum Gasteiger partial charge on any atom is 0.325 e. The molecule has 0 spiro atoms. The van der Waals surface area contributed by atoms with E-state index in [9.17, 15) is 9.59 Å². The van der Waals surface area contributed by atoms with Gasteiger partial charge in [0.25, 0.3) is 0 Å². The Bertz CT molecular complexity index is 586. The predicted molar refractivity (Wildman–Crippen MR) is 96.5 cm³/mol. The molecule has 7 heteroatoms. The highest BCUT2D eigenvalue weighted by Gasteiger charge is 2.47. The van der Waals surface area contributed by atoms with Crippen LogP contribution in [-0.4, -0.2) is 31.2 Å². The third-order valence-corrected chi connectivity index (χ3v) is 4.28. The molecular weight excluding hydrogens is 330 g/mol. The molecule has 0 aromatic heterocycles. The van der Waals surface area contributed by atoms with Gasteiger partial charge in [-0.05, 0) is 36.3 Å². The van der Waals surface area contributed by atoms with Gasteiger partial charge in [0.2, 0.25) is 0 Å². The molecule has 1 aromatic rings. The first-order valence-electron chi connectivity index (χ1n) is 7.87. The Hall–Kier alpha value is -1.79. The fourth-order valence-corrected chi connectivity index (χ4v) is 3.00. The second-order valence-corrected chi connectivity index (χ2v) is 6.50. The lowest BCUT2D eigenvalue weighted by Crippen LogP contribution is -2.60. The molecule has 4 N–H and O–H groups in total. The third-order valence-electron chi connectivity index (χ3n) is 4.28. The normalized spacial score (nSPS) is 22.1. The summed E-state index contributed by atoms with van der Waals surface area (Å²) in [5.41, 5.74) is 6.95. The first-order chi connectivity index (χ1) is 10.9. The van der Waals surface area contributed by atoms with Crippen molar-refractivity contribution in [1.29, 1.82) is 0 Å². The number of hydrogen-bond donors (Lipinski definition) is 3. The molecule has 1 saturated carbocycles. The van der Waals surface area contributed by atoms with Crippen molar-refractivity contribution in [1.82, 2.24) is 5.32 Å². The number of ether oxygens (including phenoxy) is 1. The molecule has 1 fully saturated rings. The van der Waals surface area contributed by atoms with Crippen molar-refractivity contribution in [3.05, 3.63) is 29.8 Å². The van der Waals surface area contributed by atoms with Crippen molar-refractivity contribution in [2.45, 2.75) is 38.1 Å². The number of urea groups is 1. The average Bonchev–Trinajstić information content (AvgIpc) is 2.49. The molecule has 2 rings (SSSR count). The molecule has 0 bridgehead atoms. The SMILES string of the molecule is COC(=O)C1(N)CC(CNC(=O)Nc2ccccc2C(C)C)C1.Cl. The molecule has 0 radical (unpaired) electrons. The van der Waals surface area contributed by atoms with Crippen molar-refractivity contribution in [3.8, 4) is 0 Å². The summed E-state index contributed by atoms with van der Waals surface area (Å²) in [5, 5.41) is 5.71. The zero-order valence-electron chi connectivity index (χ0n) is 14.3. The first-order valence-corrected chi connectivity index (χ1v) is 7.87. The lowest BCUT2D eigenvalue weighted by Gasteiger charge is -2.42. The average molecular weight is 356 g/mol. The van der Waals surface area contributed by atoms with Crippen molar-refractivity contribution >= 4 is 30.1 Å². The van der Waals surface area contributed by atoms with Crippen LogP contribution in [0.1, 0.15) is 38.2 Å². The van der Waals surface area contributed by atoms with Gasteiger partial charge in [-0.15, -0.1) is 12.4 Å². The van der Waals surface area contributed by atoms with Gasteiger partial charge in [0.1, 0.15) is 5.54 Å². The quantitative estimate of drug-likeness (QED) is 0.708. The van der Waals surface area contributed by atoms with Gasteiger partial charge in [-0.1, -0.05) is 32.0 Å². The summed E-state index contributed by atoms with van der Waals surface area (Å²) in [6, 6.07) is 7.50. The molecule has 0 aliphatic heterocycles. The molecule has 0 unspecified atom stereocenters. The number of anilines is 1. The zero-order valence-corrected chi connectivity index (χ0v) is 15.1. The topological polar surface area (TPSA) is 93.4 Å². The minimum absolute atomic E-state index is 0. The number of amides is 2. The monoisotopic (exact) mass is 355 g/mol. The number of benzene rings is 1. The highest BCUT2D eigenvalue weighted by atomic mass is 35.5. The summed E-state index contributed by atoms with van der Waals surface area (Å²) in [5.74, 6) is 0.144. The minimum atomic E-state index is -0.887. The molecule has 1 aliphatic carbocycles. The van der Waals surface area contributed by atoms with Gasteiger partial charge in [-0.25, -0.2) is 4.79 Å². The van der Waals surface area contributed by atoms with Gasteiger partial charge in [0.15, 0.2) is 0 Å². The Labute approximate surface area is 148 Å². The van der Waals surface area contributed by atoms with Crippen LogP contribution in [-0.2, 0) is 9.53 Å². The minimum Gasteiger partial charge on any atom is -0.468 e. The Kier molecular flexibility index (Phi) is 7.05. The molecule has 134 valence electrons. The first kappa shape index (κ1) is 20.3. The third kappa shape index (κ3) is 4.61. The van der Waals surface area contributed by atoms with E-state index in [0.29, 0.717) is 25.3 Å². The molecule has 1 aliphatic rings. The summed E-state index contributed by atoms with van der Waals surface area (Å²) in [6.07, 6.45) is 1.06. The number of rotatable bonds is 5. The van der Waals surface area contributed by atoms with E-state index in [0.717, 1.165) is 11.3 Å². The summed E-state index contributed by atoms with van der Waals surface area (Å²) >= 11 is 0. The standard InChI is InChI=1S/C17H25N3O3.ClH/c1-11(2)13-6-4-5-7-14(13)20-16(22)19-10-12-8-17(18,9-12)15(21)23-3;/h4-7,11-12H,8-10,18H2,1-3H3,(H2,19,20,22);1H. The summed E-state index contributed by atoms with van der Waals surface area (Å²) in [7, 11) is 1.34. The lowest BCUT2D eigenvalue weighted by molar-refractivity contribution is -0.152. The number of esters is 1. The number of nitrogens with two attached hydrogens (primary N) is 1. The van der Waals surface area contributed by atoms with Crippen LogP contribution in [0.5, 0.6) is 0 Å². The maximum atomic E-state index is 12.0. The summed E-state index contributed by atoms with van der Waals surface area (Å²) in [4.78, 5) is 23.5. The molecule has 1 aromatic carbocycles. The van der Waals surface area contributed by atoms with E-state index in [1.54, 1.807) is 0 Å². The van der Waals surface area contributed by atoms with Crippen molar-refractivity contribution in [2.75, 3.05) is 19.0 Å². The second kappa shape index (κ2) is 8.35. The van der Waals surface area contributed by atoms with Gasteiger partial charge in [0.05, 0.1) is 7.11 Å². The van der Waals surface area contributed by atoms with Crippen LogP contribution in [0.3, 0.4) is 0 Å². The predicted octanol–water partition coefficient (Wildman–Crippen LogP) is 2.63. The molecule has 0 heterocycles. The summed E-state index contributed by atoms with van der Waals surface area (Å²) < 4.78 is 4.68. The Morgan fingerprint density at radius 1 is 1.33 bits per heavy atom. The van der Waals surface area contributed by atoms with E-state index >= 15 is 0 Å². The Morgan fingerprint density at radius 2 is 1.96 bits per heavy atom. The van der Waals surface area contributed by atoms with Crippen LogP contribution < -0.4 is 16.4 Å². The molecule has 0 saturated heterocycles. The van der Waals surface area contributed by atoms with Gasteiger partial charge in [0, 0.05) is 12.2 Å². The largest absolute Gasteiger partial charge is 0.468 e. The van der Waals surface area contributed by atoms with Crippen LogP contribution in [0.4, 0.5) is 10.5 Å². The molecular formula is C17H26ClN3O3. The van der Waals surface area contributed by atoms with Crippen molar-refractivity contribution in [3.63, 3.8) is 0 Å². The van der Waals surface area contributed by atoms with E-state index in [2.05, 4.69) is 29.2 Å². The Balaban J connectivity index is 0.00000288. The van der Waals surface area contributed by atoms with Gasteiger partial charge in [-0.3, -0.25) is 4.79 Å². The lowest BCUT2D eigenvalue weighted by atomic mass is 9.69. The zero-order chi connectivity index (χ0) is 17.0. The van der Waals surface area contributed by atoms with E-state index in [1.165, 1.54) is 7.11 Å². The smallest absolute Gasteiger partial charge is 0.325 e. The fourth-order valence-electron chi connectivity index (χ4n) is 3.00. The molecule has 0 atom stereocenters. The highest BCUT2D eigenvalue weighted by Crippen LogP contribution is 2.36. The van der Waals surface area contributed by atoms with Crippen LogP contribution in [0.25, 0.3) is 0 Å². The van der Waals surface area contributed by atoms with Crippen LogP contribution >= 0.6 is 12.4 Å². The fraction of sp³-hybridized carbons (Fsp3) is 0.529. The van der Waals surface area contributed by atoms with E-state index < -0.39 is 5.54 Å². The molecule has 24 heavy (non-hydrogen) atoms. The van der Waals surface area contributed by atoms with E-state index in [4.69, 9.17) is 5.73 Å². The van der Waals surface area contributed by atoms with E-state index in [-0.39, 0.29) is 30.3 Å². The second-order valence-electron chi connectivity index (χ2n) is 6.50. The van der Waals surface area contributed by atoms with Crippen LogP contribution in [0, 0.1) is 5.92 Å².